The van der Waals surface area contributed by atoms with Gasteiger partial charge in [-0.05, 0) is 32.0 Å². The zero-order valence-electron chi connectivity index (χ0n) is 8.79. The largest absolute Gasteiger partial charge is 0.462 e. The van der Waals surface area contributed by atoms with Crippen LogP contribution in [0.2, 0.25) is 0 Å². The number of carbonyl (C=O) groups excluding carboxylic acids is 1. The number of hydrogen-bond donors (Lipinski definition) is 1. The van der Waals surface area contributed by atoms with Gasteiger partial charge in [0.05, 0.1) is 6.10 Å². The summed E-state index contributed by atoms with van der Waals surface area (Å²) in [5.41, 5.74) is 0.565. The van der Waals surface area contributed by atoms with Gasteiger partial charge in [-0.15, -0.1) is 0 Å². The van der Waals surface area contributed by atoms with Crippen LogP contribution in [-0.2, 0) is 9.53 Å². The lowest BCUT2D eigenvalue weighted by atomic mass is 10.3. The zero-order valence-corrected chi connectivity index (χ0v) is 8.79. The van der Waals surface area contributed by atoms with Gasteiger partial charge in [0.15, 0.2) is 0 Å². The Morgan fingerprint density at radius 3 is 2.87 bits per heavy atom. The monoisotopic (exact) mass is 211 g/mol. The fourth-order valence-corrected chi connectivity index (χ4v) is 1.08. The number of nitrogens with one attached hydrogen (secondary N) is 1. The van der Waals surface area contributed by atoms with Crippen molar-refractivity contribution in [3.05, 3.63) is 30.1 Å². The van der Waals surface area contributed by atoms with Crippen molar-refractivity contribution in [3.63, 3.8) is 0 Å². The van der Waals surface area contributed by atoms with E-state index in [1.165, 1.54) is 12.1 Å². The Kier molecular flexibility index (Phi) is 4.09. The molecule has 0 spiro atoms. The van der Waals surface area contributed by atoms with E-state index in [-0.39, 0.29) is 24.4 Å². The molecule has 0 atom stereocenters. The van der Waals surface area contributed by atoms with E-state index in [9.17, 15) is 9.18 Å². The summed E-state index contributed by atoms with van der Waals surface area (Å²) >= 11 is 0. The van der Waals surface area contributed by atoms with Crippen molar-refractivity contribution in [1.82, 2.24) is 0 Å². The minimum absolute atomic E-state index is 0.0433. The third kappa shape index (κ3) is 4.44. The average Bonchev–Trinajstić information content (AvgIpc) is 2.14. The van der Waals surface area contributed by atoms with Crippen LogP contribution in [0.1, 0.15) is 13.8 Å². The number of benzene rings is 1. The minimum atomic E-state index is -0.353. The number of rotatable bonds is 4. The van der Waals surface area contributed by atoms with Gasteiger partial charge in [0, 0.05) is 5.69 Å². The molecule has 0 radical (unpaired) electrons. The van der Waals surface area contributed by atoms with E-state index in [0.29, 0.717) is 5.69 Å². The molecule has 0 aliphatic heterocycles. The van der Waals surface area contributed by atoms with Crippen molar-refractivity contribution in [3.8, 4) is 0 Å². The molecule has 0 aliphatic carbocycles. The van der Waals surface area contributed by atoms with Gasteiger partial charge in [-0.25, -0.2) is 4.39 Å². The second-order valence-electron chi connectivity index (χ2n) is 3.40. The smallest absolute Gasteiger partial charge is 0.325 e. The van der Waals surface area contributed by atoms with Crippen molar-refractivity contribution in [2.24, 2.45) is 0 Å². The second kappa shape index (κ2) is 5.34. The molecule has 0 bridgehead atoms. The molecule has 3 nitrogen and oxygen atoms in total. The van der Waals surface area contributed by atoms with Crippen LogP contribution in [0.5, 0.6) is 0 Å². The maximum absolute atomic E-state index is 12.7. The summed E-state index contributed by atoms with van der Waals surface area (Å²) in [7, 11) is 0. The molecule has 1 aromatic carbocycles. The summed E-state index contributed by atoms with van der Waals surface area (Å²) in [6.07, 6.45) is -0.133. The molecule has 0 fully saturated rings. The molecule has 1 N–H and O–H groups in total. The first kappa shape index (κ1) is 11.5. The Hall–Kier alpha value is -1.58. The molecule has 0 aliphatic rings. The second-order valence-corrected chi connectivity index (χ2v) is 3.40. The average molecular weight is 211 g/mol. The zero-order chi connectivity index (χ0) is 11.3. The van der Waals surface area contributed by atoms with E-state index in [2.05, 4.69) is 5.32 Å². The number of anilines is 1. The molecule has 15 heavy (non-hydrogen) atoms. The van der Waals surface area contributed by atoms with E-state index in [0.717, 1.165) is 0 Å². The van der Waals surface area contributed by atoms with Crippen LogP contribution in [0.25, 0.3) is 0 Å². The lowest BCUT2D eigenvalue weighted by Crippen LogP contribution is -2.20. The molecule has 0 unspecified atom stereocenters. The number of hydrogen-bond acceptors (Lipinski definition) is 3. The van der Waals surface area contributed by atoms with E-state index < -0.39 is 0 Å². The van der Waals surface area contributed by atoms with Crippen molar-refractivity contribution >= 4 is 11.7 Å². The summed E-state index contributed by atoms with van der Waals surface area (Å²) in [6, 6.07) is 5.93. The van der Waals surface area contributed by atoms with Gasteiger partial charge in [-0.3, -0.25) is 4.79 Å². The number of esters is 1. The highest BCUT2D eigenvalue weighted by Crippen LogP contribution is 2.08. The molecule has 1 rings (SSSR count). The van der Waals surface area contributed by atoms with E-state index in [1.54, 1.807) is 26.0 Å². The topological polar surface area (TPSA) is 38.3 Å². The summed E-state index contributed by atoms with van der Waals surface area (Å²) in [5, 5.41) is 2.78. The maximum Gasteiger partial charge on any atom is 0.325 e. The fourth-order valence-electron chi connectivity index (χ4n) is 1.08. The molecule has 1 aromatic rings. The maximum atomic E-state index is 12.7. The number of ether oxygens (including phenoxy) is 1. The number of carbonyl (C=O) groups is 1. The summed E-state index contributed by atoms with van der Waals surface area (Å²) in [6.45, 7) is 3.60. The first-order chi connectivity index (χ1) is 7.08. The molecule has 0 aromatic heterocycles. The molecule has 82 valence electrons. The molecule has 0 heterocycles. The normalized spacial score (nSPS) is 10.1. The predicted octanol–water partition coefficient (Wildman–Crippen LogP) is 2.19. The molecule has 4 heteroatoms. The highest BCUT2D eigenvalue weighted by atomic mass is 19.1. The fraction of sp³-hybridized carbons (Fsp3) is 0.364. The third-order valence-corrected chi connectivity index (χ3v) is 1.63. The van der Waals surface area contributed by atoms with E-state index >= 15 is 0 Å². The highest BCUT2D eigenvalue weighted by Gasteiger charge is 2.04. The Morgan fingerprint density at radius 1 is 1.53 bits per heavy atom. The Labute approximate surface area is 88.2 Å². The van der Waals surface area contributed by atoms with Crippen molar-refractivity contribution in [1.29, 1.82) is 0 Å². The molecule has 0 saturated heterocycles. The van der Waals surface area contributed by atoms with Gasteiger partial charge in [-0.2, -0.15) is 0 Å². The Balaban J connectivity index is 2.40. The predicted molar refractivity (Wildman–Crippen MR) is 56.1 cm³/mol. The van der Waals surface area contributed by atoms with Crippen LogP contribution in [0.3, 0.4) is 0 Å². The van der Waals surface area contributed by atoms with Crippen LogP contribution < -0.4 is 5.32 Å². The van der Waals surface area contributed by atoms with Crippen LogP contribution in [0, 0.1) is 5.82 Å². The van der Waals surface area contributed by atoms with Gasteiger partial charge < -0.3 is 10.1 Å². The van der Waals surface area contributed by atoms with Crippen molar-refractivity contribution in [2.45, 2.75) is 20.0 Å². The molecular weight excluding hydrogens is 197 g/mol. The van der Waals surface area contributed by atoms with Crippen LogP contribution in [0.15, 0.2) is 24.3 Å². The third-order valence-electron chi connectivity index (χ3n) is 1.63. The SMILES string of the molecule is CC(C)OC(=O)CNc1cccc(F)c1. The summed E-state index contributed by atoms with van der Waals surface area (Å²) in [5.74, 6) is -0.688. The van der Waals surface area contributed by atoms with E-state index in [1.807, 2.05) is 0 Å². The summed E-state index contributed by atoms with van der Waals surface area (Å²) < 4.78 is 17.7. The van der Waals surface area contributed by atoms with Gasteiger partial charge in [0.2, 0.25) is 0 Å². The molecular formula is C11H14FNO2. The van der Waals surface area contributed by atoms with Gasteiger partial charge in [-0.1, -0.05) is 6.07 Å². The van der Waals surface area contributed by atoms with Crippen molar-refractivity contribution in [2.75, 3.05) is 11.9 Å². The molecule has 0 saturated carbocycles. The van der Waals surface area contributed by atoms with Crippen LogP contribution >= 0.6 is 0 Å². The van der Waals surface area contributed by atoms with Gasteiger partial charge in [0.1, 0.15) is 12.4 Å². The Morgan fingerprint density at radius 2 is 2.27 bits per heavy atom. The lowest BCUT2D eigenvalue weighted by Gasteiger charge is -2.09. The summed E-state index contributed by atoms with van der Waals surface area (Å²) in [4.78, 5) is 11.1. The highest BCUT2D eigenvalue weighted by molar-refractivity contribution is 5.75. The van der Waals surface area contributed by atoms with Crippen molar-refractivity contribution < 1.29 is 13.9 Å². The molecule has 0 amide bonds. The van der Waals surface area contributed by atoms with E-state index in [4.69, 9.17) is 4.74 Å². The van der Waals surface area contributed by atoms with Gasteiger partial charge >= 0.3 is 5.97 Å². The number of halogens is 1. The Bertz CT molecular complexity index is 339. The first-order valence-corrected chi connectivity index (χ1v) is 4.77. The van der Waals surface area contributed by atoms with Gasteiger partial charge in [0.25, 0.3) is 0 Å². The van der Waals surface area contributed by atoms with Crippen LogP contribution in [-0.4, -0.2) is 18.6 Å². The quantitative estimate of drug-likeness (QED) is 0.776. The van der Waals surface area contributed by atoms with Crippen LogP contribution in [0.4, 0.5) is 10.1 Å². The minimum Gasteiger partial charge on any atom is -0.462 e. The first-order valence-electron chi connectivity index (χ1n) is 4.77. The lowest BCUT2D eigenvalue weighted by molar-refractivity contribution is -0.145. The standard InChI is InChI=1S/C11H14FNO2/c1-8(2)15-11(14)7-13-10-5-3-4-9(12)6-10/h3-6,8,13H,7H2,1-2H3.